The third kappa shape index (κ3) is 4.62. The Morgan fingerprint density at radius 3 is 2.65 bits per heavy atom. The summed E-state index contributed by atoms with van der Waals surface area (Å²) in [6.07, 6.45) is 2.74. The van der Waals surface area contributed by atoms with Crippen LogP contribution in [0.2, 0.25) is 5.02 Å². The van der Waals surface area contributed by atoms with Gasteiger partial charge in [0.15, 0.2) is 0 Å². The minimum Gasteiger partial charge on any atom is -0.366 e. The van der Waals surface area contributed by atoms with E-state index >= 15 is 0 Å². The topological polar surface area (TPSA) is 56.1 Å². The molecule has 2 aromatic carbocycles. The predicted octanol–water partition coefficient (Wildman–Crippen LogP) is 6.61. The van der Waals surface area contributed by atoms with E-state index in [4.69, 9.17) is 11.6 Å². The van der Waals surface area contributed by atoms with Gasteiger partial charge >= 0.3 is 0 Å². The van der Waals surface area contributed by atoms with Crippen LogP contribution in [0.25, 0.3) is 6.08 Å². The van der Waals surface area contributed by atoms with Gasteiger partial charge in [-0.15, -0.1) is 0 Å². The SMILES string of the molecule is CCN1c2cc(C)c(/C=C(\C#N)C(=O)Nc3cc(Cl)ccc3C)cc2C(C)CC1(C)C. The number of fused-ring (bicyclic) bond motifs is 1. The fourth-order valence-corrected chi connectivity index (χ4v) is 4.80. The van der Waals surface area contributed by atoms with Crippen molar-refractivity contribution in [3.05, 3.63) is 63.2 Å². The third-order valence-electron chi connectivity index (χ3n) is 6.20. The summed E-state index contributed by atoms with van der Waals surface area (Å²) >= 11 is 6.05. The van der Waals surface area contributed by atoms with E-state index < -0.39 is 5.91 Å². The molecule has 162 valence electrons. The van der Waals surface area contributed by atoms with Crippen molar-refractivity contribution in [3.63, 3.8) is 0 Å². The van der Waals surface area contributed by atoms with Gasteiger partial charge in [0.25, 0.3) is 5.91 Å². The minimum absolute atomic E-state index is 0.0681. The molecule has 3 rings (SSSR count). The number of nitrogens with zero attached hydrogens (tertiary/aromatic N) is 2. The number of hydrogen-bond donors (Lipinski definition) is 1. The van der Waals surface area contributed by atoms with E-state index in [9.17, 15) is 10.1 Å². The van der Waals surface area contributed by atoms with Crippen LogP contribution in [0.5, 0.6) is 0 Å². The average molecular weight is 436 g/mol. The summed E-state index contributed by atoms with van der Waals surface area (Å²) in [5, 5.41) is 13.0. The number of amides is 1. The molecule has 0 bridgehead atoms. The van der Waals surface area contributed by atoms with Crippen LogP contribution in [0.3, 0.4) is 0 Å². The minimum atomic E-state index is -0.436. The number of benzene rings is 2. The van der Waals surface area contributed by atoms with Crippen molar-refractivity contribution in [2.24, 2.45) is 0 Å². The van der Waals surface area contributed by atoms with Gasteiger partial charge < -0.3 is 10.2 Å². The smallest absolute Gasteiger partial charge is 0.266 e. The number of carbonyl (C=O) groups excluding carboxylic acids is 1. The second kappa shape index (κ2) is 8.77. The van der Waals surface area contributed by atoms with Crippen LogP contribution in [0, 0.1) is 25.2 Å². The van der Waals surface area contributed by atoms with Gasteiger partial charge in [-0.1, -0.05) is 24.6 Å². The highest BCUT2D eigenvalue weighted by molar-refractivity contribution is 6.31. The van der Waals surface area contributed by atoms with Gasteiger partial charge in [-0.2, -0.15) is 5.26 Å². The quantitative estimate of drug-likeness (QED) is 0.434. The van der Waals surface area contributed by atoms with Crippen molar-refractivity contribution in [1.29, 1.82) is 5.26 Å². The van der Waals surface area contributed by atoms with Gasteiger partial charge in [0.05, 0.1) is 0 Å². The summed E-state index contributed by atoms with van der Waals surface area (Å²) in [7, 11) is 0. The van der Waals surface area contributed by atoms with E-state index in [2.05, 4.69) is 56.1 Å². The number of hydrogen-bond acceptors (Lipinski definition) is 3. The fourth-order valence-electron chi connectivity index (χ4n) is 4.63. The Kier molecular flexibility index (Phi) is 6.48. The highest BCUT2D eigenvalue weighted by Gasteiger charge is 2.35. The van der Waals surface area contributed by atoms with Crippen molar-refractivity contribution in [2.75, 3.05) is 16.8 Å². The second-order valence-electron chi connectivity index (χ2n) is 9.01. The summed E-state index contributed by atoms with van der Waals surface area (Å²) < 4.78 is 0. The molecule has 1 amide bonds. The molecule has 5 heteroatoms. The highest BCUT2D eigenvalue weighted by atomic mass is 35.5. The molecule has 1 aliphatic rings. The molecule has 1 atom stereocenters. The zero-order valence-corrected chi connectivity index (χ0v) is 19.9. The molecule has 1 aliphatic heterocycles. The van der Waals surface area contributed by atoms with Crippen LogP contribution in [0.4, 0.5) is 11.4 Å². The van der Waals surface area contributed by atoms with Crippen LogP contribution in [-0.4, -0.2) is 18.0 Å². The Morgan fingerprint density at radius 2 is 2.00 bits per heavy atom. The van der Waals surface area contributed by atoms with E-state index in [1.165, 1.54) is 11.3 Å². The molecule has 0 saturated heterocycles. The van der Waals surface area contributed by atoms with E-state index in [0.29, 0.717) is 16.6 Å². The van der Waals surface area contributed by atoms with Gasteiger partial charge in [0.1, 0.15) is 11.6 Å². The van der Waals surface area contributed by atoms with Crippen LogP contribution < -0.4 is 10.2 Å². The maximum absolute atomic E-state index is 12.8. The first-order valence-electron chi connectivity index (χ1n) is 10.7. The van der Waals surface area contributed by atoms with Gasteiger partial charge in [-0.3, -0.25) is 4.79 Å². The van der Waals surface area contributed by atoms with Crippen LogP contribution in [0.15, 0.2) is 35.9 Å². The number of aryl methyl sites for hydroxylation is 2. The first-order valence-corrected chi connectivity index (χ1v) is 11.1. The van der Waals surface area contributed by atoms with Crippen molar-refractivity contribution in [3.8, 4) is 6.07 Å². The summed E-state index contributed by atoms with van der Waals surface area (Å²) in [6, 6.07) is 11.7. The lowest BCUT2D eigenvalue weighted by molar-refractivity contribution is -0.112. The van der Waals surface area contributed by atoms with Crippen molar-refractivity contribution in [2.45, 2.75) is 59.4 Å². The Balaban J connectivity index is 1.98. The monoisotopic (exact) mass is 435 g/mol. The van der Waals surface area contributed by atoms with Gasteiger partial charge in [-0.05, 0) is 99.6 Å². The normalized spacial score (nSPS) is 17.7. The predicted molar refractivity (Wildman–Crippen MR) is 130 cm³/mol. The largest absolute Gasteiger partial charge is 0.366 e. The molecule has 4 nitrogen and oxygen atoms in total. The molecule has 31 heavy (non-hydrogen) atoms. The number of halogens is 1. The molecular formula is C26H30ClN3O. The average Bonchev–Trinajstić information content (AvgIpc) is 2.69. The summed E-state index contributed by atoms with van der Waals surface area (Å²) in [5.41, 5.74) is 6.11. The zero-order valence-electron chi connectivity index (χ0n) is 19.1. The zero-order chi connectivity index (χ0) is 22.9. The molecular weight excluding hydrogens is 406 g/mol. The fraction of sp³-hybridized carbons (Fsp3) is 0.385. The molecule has 0 fully saturated rings. The summed E-state index contributed by atoms with van der Waals surface area (Å²) in [4.78, 5) is 15.3. The van der Waals surface area contributed by atoms with Crippen molar-refractivity contribution in [1.82, 2.24) is 0 Å². The molecule has 0 saturated carbocycles. The molecule has 0 aliphatic carbocycles. The Bertz CT molecular complexity index is 1090. The van der Waals surface area contributed by atoms with E-state index in [0.717, 1.165) is 29.7 Å². The second-order valence-corrected chi connectivity index (χ2v) is 9.45. The molecule has 0 radical (unpaired) electrons. The first kappa shape index (κ1) is 22.9. The van der Waals surface area contributed by atoms with E-state index in [1.807, 2.05) is 19.9 Å². The van der Waals surface area contributed by atoms with E-state index in [1.54, 1.807) is 18.2 Å². The molecule has 0 spiro atoms. The maximum atomic E-state index is 12.8. The lowest BCUT2D eigenvalue weighted by atomic mass is 9.79. The van der Waals surface area contributed by atoms with Gasteiger partial charge in [0, 0.05) is 28.5 Å². The van der Waals surface area contributed by atoms with Crippen molar-refractivity contribution < 1.29 is 4.79 Å². The standard InChI is InChI=1S/C26H30ClN3O/c1-7-30-24-10-17(3)19(12-22(24)18(4)14-26(30,5)6)11-20(15-28)25(31)29-23-13-21(27)9-8-16(23)2/h8-13,18H,7,14H2,1-6H3,(H,29,31)/b20-11+. The lowest BCUT2D eigenvalue weighted by Gasteiger charge is -2.47. The third-order valence-corrected chi connectivity index (χ3v) is 6.44. The summed E-state index contributed by atoms with van der Waals surface area (Å²) in [6.45, 7) is 13.9. The van der Waals surface area contributed by atoms with Gasteiger partial charge in [-0.25, -0.2) is 0 Å². The van der Waals surface area contributed by atoms with Crippen LogP contribution in [-0.2, 0) is 4.79 Å². The molecule has 1 heterocycles. The lowest BCUT2D eigenvalue weighted by Crippen LogP contribution is -2.48. The maximum Gasteiger partial charge on any atom is 0.266 e. The molecule has 1 N–H and O–H groups in total. The molecule has 1 unspecified atom stereocenters. The van der Waals surface area contributed by atoms with Crippen LogP contribution >= 0.6 is 11.6 Å². The number of nitriles is 1. The number of nitrogens with one attached hydrogen (secondary N) is 1. The molecule has 0 aromatic heterocycles. The summed E-state index contributed by atoms with van der Waals surface area (Å²) in [5.74, 6) is -0.0385. The van der Waals surface area contributed by atoms with Crippen LogP contribution in [0.1, 0.15) is 62.3 Å². The van der Waals surface area contributed by atoms with E-state index in [-0.39, 0.29) is 11.1 Å². The molecule has 2 aromatic rings. The van der Waals surface area contributed by atoms with Crippen molar-refractivity contribution >= 4 is 35.0 Å². The number of carbonyl (C=O) groups is 1. The first-order chi connectivity index (χ1) is 14.6. The Morgan fingerprint density at radius 1 is 1.29 bits per heavy atom. The Labute approximate surface area is 190 Å². The number of anilines is 2. The van der Waals surface area contributed by atoms with Gasteiger partial charge in [0.2, 0.25) is 0 Å². The highest BCUT2D eigenvalue weighted by Crippen LogP contribution is 2.44. The Hall–Kier alpha value is -2.77. The number of rotatable bonds is 4.